The Kier molecular flexibility index (Phi) is 4.41. The SMILES string of the molecule is CCCc1cc(CNCC)cc(-n2cncn2)n1. The van der Waals surface area contributed by atoms with Gasteiger partial charge in [0.2, 0.25) is 0 Å². The molecule has 0 aliphatic carbocycles. The number of hydrogen-bond acceptors (Lipinski definition) is 4. The highest BCUT2D eigenvalue weighted by Gasteiger charge is 2.04. The summed E-state index contributed by atoms with van der Waals surface area (Å²) in [5.74, 6) is 0.839. The fourth-order valence-electron chi connectivity index (χ4n) is 1.83. The molecule has 0 saturated carbocycles. The Labute approximate surface area is 107 Å². The average Bonchev–Trinajstić information content (AvgIpc) is 2.90. The fourth-order valence-corrected chi connectivity index (χ4v) is 1.83. The number of pyridine rings is 1. The van der Waals surface area contributed by atoms with Crippen molar-refractivity contribution in [3.8, 4) is 5.82 Å². The van der Waals surface area contributed by atoms with Gasteiger partial charge in [-0.3, -0.25) is 0 Å². The van der Waals surface area contributed by atoms with Gasteiger partial charge in [-0.1, -0.05) is 20.3 Å². The van der Waals surface area contributed by atoms with Gasteiger partial charge in [0.25, 0.3) is 0 Å². The largest absolute Gasteiger partial charge is 0.313 e. The molecule has 18 heavy (non-hydrogen) atoms. The molecule has 2 heterocycles. The van der Waals surface area contributed by atoms with Crippen LogP contribution in [0.15, 0.2) is 24.8 Å². The lowest BCUT2D eigenvalue weighted by atomic mass is 10.1. The van der Waals surface area contributed by atoms with Crippen LogP contribution >= 0.6 is 0 Å². The van der Waals surface area contributed by atoms with Gasteiger partial charge in [0, 0.05) is 12.2 Å². The number of hydrogen-bond donors (Lipinski definition) is 1. The minimum absolute atomic E-state index is 0.839. The molecule has 0 fully saturated rings. The molecule has 0 atom stereocenters. The van der Waals surface area contributed by atoms with Crippen molar-refractivity contribution in [3.05, 3.63) is 36.0 Å². The van der Waals surface area contributed by atoms with Crippen molar-refractivity contribution in [3.63, 3.8) is 0 Å². The molecule has 5 heteroatoms. The van der Waals surface area contributed by atoms with Crippen LogP contribution in [-0.4, -0.2) is 26.3 Å². The van der Waals surface area contributed by atoms with Gasteiger partial charge in [0.15, 0.2) is 5.82 Å². The number of aromatic nitrogens is 4. The molecule has 0 radical (unpaired) electrons. The summed E-state index contributed by atoms with van der Waals surface area (Å²) in [6, 6.07) is 4.21. The van der Waals surface area contributed by atoms with E-state index >= 15 is 0 Å². The summed E-state index contributed by atoms with van der Waals surface area (Å²) >= 11 is 0. The van der Waals surface area contributed by atoms with E-state index in [1.165, 1.54) is 11.9 Å². The predicted molar refractivity (Wildman–Crippen MR) is 70.5 cm³/mol. The first-order valence-electron chi connectivity index (χ1n) is 6.39. The van der Waals surface area contributed by atoms with Crippen LogP contribution in [0.1, 0.15) is 31.5 Å². The Hall–Kier alpha value is -1.75. The van der Waals surface area contributed by atoms with Gasteiger partial charge in [0.05, 0.1) is 0 Å². The van der Waals surface area contributed by atoms with Gasteiger partial charge in [-0.05, 0) is 30.7 Å². The summed E-state index contributed by atoms with van der Waals surface area (Å²) in [6.07, 6.45) is 5.28. The van der Waals surface area contributed by atoms with E-state index < -0.39 is 0 Å². The first-order chi connectivity index (χ1) is 8.83. The zero-order valence-electron chi connectivity index (χ0n) is 10.9. The van der Waals surface area contributed by atoms with Crippen molar-refractivity contribution >= 4 is 0 Å². The van der Waals surface area contributed by atoms with E-state index in [0.29, 0.717) is 0 Å². The van der Waals surface area contributed by atoms with Crippen LogP contribution in [0.3, 0.4) is 0 Å². The van der Waals surface area contributed by atoms with Gasteiger partial charge in [-0.2, -0.15) is 5.10 Å². The second-order valence-electron chi connectivity index (χ2n) is 4.20. The molecule has 0 aromatic carbocycles. The van der Waals surface area contributed by atoms with E-state index in [4.69, 9.17) is 0 Å². The predicted octanol–water partition coefficient (Wildman–Crippen LogP) is 1.72. The number of nitrogens with one attached hydrogen (secondary N) is 1. The highest BCUT2D eigenvalue weighted by atomic mass is 15.3. The number of aryl methyl sites for hydroxylation is 1. The van der Waals surface area contributed by atoms with Crippen LogP contribution in [-0.2, 0) is 13.0 Å². The number of nitrogens with zero attached hydrogens (tertiary/aromatic N) is 4. The first-order valence-corrected chi connectivity index (χ1v) is 6.39. The minimum Gasteiger partial charge on any atom is -0.313 e. The molecule has 0 unspecified atom stereocenters. The third-order valence-electron chi connectivity index (χ3n) is 2.66. The summed E-state index contributed by atoms with van der Waals surface area (Å²) in [7, 11) is 0. The molecule has 2 rings (SSSR count). The van der Waals surface area contributed by atoms with Crippen molar-refractivity contribution < 1.29 is 0 Å². The van der Waals surface area contributed by atoms with Gasteiger partial charge in [-0.25, -0.2) is 14.6 Å². The Morgan fingerprint density at radius 3 is 2.83 bits per heavy atom. The summed E-state index contributed by atoms with van der Waals surface area (Å²) in [6.45, 7) is 6.09. The van der Waals surface area contributed by atoms with Crippen LogP contribution in [0, 0.1) is 0 Å². The molecule has 0 aliphatic heterocycles. The molecule has 0 aliphatic rings. The lowest BCUT2D eigenvalue weighted by Gasteiger charge is -2.08. The normalized spacial score (nSPS) is 10.8. The molecule has 0 bridgehead atoms. The van der Waals surface area contributed by atoms with Crippen molar-refractivity contribution in [2.75, 3.05) is 6.54 Å². The van der Waals surface area contributed by atoms with Crippen molar-refractivity contribution in [1.82, 2.24) is 25.1 Å². The maximum atomic E-state index is 4.61. The fraction of sp³-hybridized carbons (Fsp3) is 0.462. The van der Waals surface area contributed by atoms with Gasteiger partial charge in [0.1, 0.15) is 12.7 Å². The second kappa shape index (κ2) is 6.26. The van der Waals surface area contributed by atoms with E-state index in [1.807, 2.05) is 0 Å². The monoisotopic (exact) mass is 245 g/mol. The van der Waals surface area contributed by atoms with Gasteiger partial charge >= 0.3 is 0 Å². The van der Waals surface area contributed by atoms with Gasteiger partial charge < -0.3 is 5.32 Å². The minimum atomic E-state index is 0.839. The molecule has 0 saturated heterocycles. The first kappa shape index (κ1) is 12.7. The molecule has 0 spiro atoms. The van der Waals surface area contributed by atoms with Crippen molar-refractivity contribution in [2.24, 2.45) is 0 Å². The standard InChI is InChI=1S/C13H19N5/c1-3-5-12-6-11(8-14-4-2)7-13(17-12)18-10-15-9-16-18/h6-7,9-10,14H,3-5,8H2,1-2H3. The molecular formula is C13H19N5. The van der Waals surface area contributed by atoms with E-state index in [1.54, 1.807) is 11.0 Å². The van der Waals surface area contributed by atoms with Crippen LogP contribution in [0.4, 0.5) is 0 Å². The molecule has 5 nitrogen and oxygen atoms in total. The molecular weight excluding hydrogens is 226 g/mol. The van der Waals surface area contributed by atoms with E-state index in [0.717, 1.165) is 37.4 Å². The Balaban J connectivity index is 2.30. The maximum absolute atomic E-state index is 4.61. The summed E-state index contributed by atoms with van der Waals surface area (Å²) in [5, 5.41) is 7.47. The van der Waals surface area contributed by atoms with Gasteiger partial charge in [-0.15, -0.1) is 0 Å². The molecule has 1 N–H and O–H groups in total. The molecule has 2 aromatic heterocycles. The summed E-state index contributed by atoms with van der Waals surface area (Å²) < 4.78 is 1.70. The lowest BCUT2D eigenvalue weighted by molar-refractivity contribution is 0.718. The molecule has 0 amide bonds. The molecule has 2 aromatic rings. The van der Waals surface area contributed by atoms with Crippen LogP contribution in [0.2, 0.25) is 0 Å². The highest BCUT2D eigenvalue weighted by Crippen LogP contribution is 2.11. The molecule has 96 valence electrons. The zero-order valence-corrected chi connectivity index (χ0v) is 10.9. The lowest BCUT2D eigenvalue weighted by Crippen LogP contribution is -2.13. The van der Waals surface area contributed by atoms with Crippen molar-refractivity contribution in [2.45, 2.75) is 33.2 Å². The highest BCUT2D eigenvalue weighted by molar-refractivity contribution is 5.30. The topological polar surface area (TPSA) is 55.6 Å². The van der Waals surface area contributed by atoms with E-state index in [2.05, 4.69) is 46.4 Å². The quantitative estimate of drug-likeness (QED) is 0.842. The smallest absolute Gasteiger partial charge is 0.155 e. The third kappa shape index (κ3) is 3.13. The summed E-state index contributed by atoms with van der Waals surface area (Å²) in [5.41, 5.74) is 2.35. The second-order valence-corrected chi connectivity index (χ2v) is 4.20. The summed E-state index contributed by atoms with van der Waals surface area (Å²) in [4.78, 5) is 8.57. The third-order valence-corrected chi connectivity index (χ3v) is 2.66. The van der Waals surface area contributed by atoms with E-state index in [-0.39, 0.29) is 0 Å². The van der Waals surface area contributed by atoms with E-state index in [9.17, 15) is 0 Å². The maximum Gasteiger partial charge on any atom is 0.155 e. The Morgan fingerprint density at radius 2 is 2.17 bits per heavy atom. The zero-order chi connectivity index (χ0) is 12.8. The number of rotatable bonds is 6. The Morgan fingerprint density at radius 1 is 1.28 bits per heavy atom. The van der Waals surface area contributed by atoms with Crippen LogP contribution < -0.4 is 5.32 Å². The average molecular weight is 245 g/mol. The van der Waals surface area contributed by atoms with Crippen molar-refractivity contribution in [1.29, 1.82) is 0 Å². The Bertz CT molecular complexity index is 478. The van der Waals surface area contributed by atoms with Crippen LogP contribution in [0.25, 0.3) is 5.82 Å². The van der Waals surface area contributed by atoms with Crippen LogP contribution in [0.5, 0.6) is 0 Å².